The van der Waals surface area contributed by atoms with Crippen molar-refractivity contribution in [3.63, 3.8) is 0 Å². The molecule has 0 atom stereocenters. The van der Waals surface area contributed by atoms with E-state index in [1.54, 1.807) is 19.2 Å². The van der Waals surface area contributed by atoms with Crippen molar-refractivity contribution in [2.75, 3.05) is 24.3 Å². The van der Waals surface area contributed by atoms with E-state index in [-0.39, 0.29) is 5.91 Å². The van der Waals surface area contributed by atoms with Crippen LogP contribution in [-0.4, -0.2) is 35.0 Å². The minimum absolute atomic E-state index is 0.267. The number of benzene rings is 1. The molecule has 0 saturated carbocycles. The second-order valence-corrected chi connectivity index (χ2v) is 6.26. The number of anilines is 3. The van der Waals surface area contributed by atoms with Gasteiger partial charge in [0, 0.05) is 37.7 Å². The monoisotopic (exact) mass is 362 g/mol. The summed E-state index contributed by atoms with van der Waals surface area (Å²) in [6.45, 7) is 2.10. The van der Waals surface area contributed by atoms with Gasteiger partial charge in [-0.2, -0.15) is 0 Å². The van der Waals surface area contributed by atoms with Gasteiger partial charge in [-0.1, -0.05) is 6.07 Å². The lowest BCUT2D eigenvalue weighted by molar-refractivity contribution is 0.0945. The normalized spacial score (nSPS) is 10.3. The number of carbonyl (C=O) groups is 1. The van der Waals surface area contributed by atoms with Gasteiger partial charge in [0.05, 0.1) is 12.2 Å². The zero-order valence-corrected chi connectivity index (χ0v) is 15.6. The van der Waals surface area contributed by atoms with Crippen LogP contribution in [0, 0.1) is 6.92 Å². The SMILES string of the molecule is Cc1nc(Nc2ccc(N(C)C)cc2)cc(C(=O)NCc2ccccn2)n1. The minimum Gasteiger partial charge on any atom is -0.378 e. The van der Waals surface area contributed by atoms with E-state index < -0.39 is 0 Å². The molecule has 0 radical (unpaired) electrons. The third-order valence-corrected chi connectivity index (χ3v) is 3.88. The van der Waals surface area contributed by atoms with E-state index in [4.69, 9.17) is 0 Å². The molecule has 1 aromatic carbocycles. The smallest absolute Gasteiger partial charge is 0.270 e. The maximum absolute atomic E-state index is 12.4. The fraction of sp³-hybridized carbons (Fsp3) is 0.200. The number of hydrogen-bond acceptors (Lipinski definition) is 6. The summed E-state index contributed by atoms with van der Waals surface area (Å²) in [5.41, 5.74) is 3.09. The summed E-state index contributed by atoms with van der Waals surface area (Å²) in [5, 5.41) is 6.05. The molecule has 0 aliphatic carbocycles. The molecular weight excluding hydrogens is 340 g/mol. The first-order valence-electron chi connectivity index (χ1n) is 8.59. The van der Waals surface area contributed by atoms with Crippen LogP contribution in [0.4, 0.5) is 17.2 Å². The van der Waals surface area contributed by atoms with Crippen LogP contribution in [0.5, 0.6) is 0 Å². The van der Waals surface area contributed by atoms with Gasteiger partial charge < -0.3 is 15.5 Å². The number of carbonyl (C=O) groups excluding carboxylic acids is 1. The molecule has 0 saturated heterocycles. The van der Waals surface area contributed by atoms with E-state index in [0.717, 1.165) is 17.1 Å². The Bertz CT molecular complexity index is 910. The van der Waals surface area contributed by atoms with Crippen molar-refractivity contribution in [2.24, 2.45) is 0 Å². The average molecular weight is 362 g/mol. The zero-order chi connectivity index (χ0) is 19.2. The first-order chi connectivity index (χ1) is 13.0. The molecule has 2 heterocycles. The van der Waals surface area contributed by atoms with Gasteiger partial charge in [-0.3, -0.25) is 9.78 Å². The zero-order valence-electron chi connectivity index (χ0n) is 15.6. The van der Waals surface area contributed by atoms with Crippen LogP contribution in [0.15, 0.2) is 54.7 Å². The number of hydrogen-bond donors (Lipinski definition) is 2. The molecule has 0 bridgehead atoms. The lowest BCUT2D eigenvalue weighted by Crippen LogP contribution is -2.24. The van der Waals surface area contributed by atoms with Gasteiger partial charge in [0.2, 0.25) is 0 Å². The van der Waals surface area contributed by atoms with E-state index in [0.29, 0.717) is 23.9 Å². The molecule has 27 heavy (non-hydrogen) atoms. The molecule has 0 aliphatic rings. The summed E-state index contributed by atoms with van der Waals surface area (Å²) in [6.07, 6.45) is 1.69. The van der Waals surface area contributed by atoms with E-state index in [1.165, 1.54) is 0 Å². The summed E-state index contributed by atoms with van der Waals surface area (Å²) in [7, 11) is 3.98. The number of amides is 1. The molecule has 1 amide bonds. The highest BCUT2D eigenvalue weighted by Gasteiger charge is 2.11. The Hall–Kier alpha value is -3.48. The van der Waals surface area contributed by atoms with Crippen molar-refractivity contribution < 1.29 is 4.79 Å². The highest BCUT2D eigenvalue weighted by atomic mass is 16.1. The molecule has 3 rings (SSSR count). The van der Waals surface area contributed by atoms with Crippen LogP contribution >= 0.6 is 0 Å². The van der Waals surface area contributed by atoms with Crippen LogP contribution in [-0.2, 0) is 6.54 Å². The topological polar surface area (TPSA) is 83.0 Å². The van der Waals surface area contributed by atoms with Crippen LogP contribution in [0.3, 0.4) is 0 Å². The van der Waals surface area contributed by atoms with Crippen LogP contribution in [0.2, 0.25) is 0 Å². The molecule has 0 unspecified atom stereocenters. The van der Waals surface area contributed by atoms with Gasteiger partial charge >= 0.3 is 0 Å². The van der Waals surface area contributed by atoms with Gasteiger partial charge in [-0.25, -0.2) is 9.97 Å². The van der Waals surface area contributed by atoms with Gasteiger partial charge in [-0.05, 0) is 43.3 Å². The Morgan fingerprint density at radius 3 is 2.52 bits per heavy atom. The third kappa shape index (κ3) is 5.01. The summed E-state index contributed by atoms with van der Waals surface area (Å²) in [6, 6.07) is 15.2. The molecule has 0 fully saturated rings. The van der Waals surface area contributed by atoms with Crippen molar-refractivity contribution in [1.29, 1.82) is 0 Å². The number of nitrogens with zero attached hydrogens (tertiary/aromatic N) is 4. The quantitative estimate of drug-likeness (QED) is 0.702. The Morgan fingerprint density at radius 1 is 1.07 bits per heavy atom. The molecule has 3 aromatic rings. The van der Waals surface area contributed by atoms with Crippen LogP contribution < -0.4 is 15.5 Å². The molecule has 2 aromatic heterocycles. The molecule has 0 spiro atoms. The molecular formula is C20H22N6O. The second-order valence-electron chi connectivity index (χ2n) is 6.26. The Morgan fingerprint density at radius 2 is 1.85 bits per heavy atom. The molecule has 138 valence electrons. The lowest BCUT2D eigenvalue weighted by atomic mass is 10.2. The molecule has 7 heteroatoms. The number of nitrogens with one attached hydrogen (secondary N) is 2. The fourth-order valence-corrected chi connectivity index (χ4v) is 2.50. The third-order valence-electron chi connectivity index (χ3n) is 3.88. The maximum atomic E-state index is 12.4. The maximum Gasteiger partial charge on any atom is 0.270 e. The van der Waals surface area contributed by atoms with Gasteiger partial charge in [0.15, 0.2) is 0 Å². The van der Waals surface area contributed by atoms with Crippen molar-refractivity contribution in [3.05, 3.63) is 71.9 Å². The van der Waals surface area contributed by atoms with Crippen LogP contribution in [0.1, 0.15) is 22.0 Å². The van der Waals surface area contributed by atoms with Crippen molar-refractivity contribution in [2.45, 2.75) is 13.5 Å². The van der Waals surface area contributed by atoms with E-state index in [9.17, 15) is 4.79 Å². The van der Waals surface area contributed by atoms with Crippen molar-refractivity contribution >= 4 is 23.1 Å². The lowest BCUT2D eigenvalue weighted by Gasteiger charge is -2.13. The fourth-order valence-electron chi connectivity index (χ4n) is 2.50. The number of aryl methyl sites for hydroxylation is 1. The molecule has 0 aliphatic heterocycles. The summed E-state index contributed by atoms with van der Waals surface area (Å²) in [4.78, 5) is 27.3. The van der Waals surface area contributed by atoms with Crippen molar-refractivity contribution in [1.82, 2.24) is 20.3 Å². The average Bonchev–Trinajstić information content (AvgIpc) is 2.67. The minimum atomic E-state index is -0.267. The number of rotatable bonds is 6. The van der Waals surface area contributed by atoms with Gasteiger partial charge in [0.1, 0.15) is 17.3 Å². The van der Waals surface area contributed by atoms with Crippen LogP contribution in [0.25, 0.3) is 0 Å². The highest BCUT2D eigenvalue weighted by Crippen LogP contribution is 2.19. The summed E-state index contributed by atoms with van der Waals surface area (Å²) >= 11 is 0. The van der Waals surface area contributed by atoms with Gasteiger partial charge in [-0.15, -0.1) is 0 Å². The highest BCUT2D eigenvalue weighted by molar-refractivity contribution is 5.93. The second kappa shape index (κ2) is 8.27. The van der Waals surface area contributed by atoms with E-state index >= 15 is 0 Å². The summed E-state index contributed by atoms with van der Waals surface area (Å²) in [5.74, 6) is 0.827. The standard InChI is InChI=1S/C20H22N6O/c1-14-23-18(20(27)22-13-16-6-4-5-11-21-16)12-19(24-14)25-15-7-9-17(10-8-15)26(2)3/h4-12H,13H2,1-3H3,(H,22,27)(H,23,24,25). The van der Waals surface area contributed by atoms with E-state index in [1.807, 2.05) is 61.5 Å². The first-order valence-corrected chi connectivity index (χ1v) is 8.59. The van der Waals surface area contributed by atoms with Gasteiger partial charge in [0.25, 0.3) is 5.91 Å². The van der Waals surface area contributed by atoms with Crippen molar-refractivity contribution in [3.8, 4) is 0 Å². The molecule has 7 nitrogen and oxygen atoms in total. The first kappa shape index (κ1) is 18.3. The Balaban J connectivity index is 1.70. The number of pyridine rings is 1. The molecule has 2 N–H and O–H groups in total. The largest absolute Gasteiger partial charge is 0.378 e. The van der Waals surface area contributed by atoms with E-state index in [2.05, 4.69) is 25.6 Å². The number of aromatic nitrogens is 3. The Labute approximate surface area is 158 Å². The summed E-state index contributed by atoms with van der Waals surface area (Å²) < 4.78 is 0. The predicted molar refractivity (Wildman–Crippen MR) is 106 cm³/mol. The Kier molecular flexibility index (Phi) is 5.61. The predicted octanol–water partition coefficient (Wildman–Crippen LogP) is 2.92.